The van der Waals surface area contributed by atoms with Crippen LogP contribution >= 0.6 is 0 Å². The predicted molar refractivity (Wildman–Crippen MR) is 135 cm³/mol. The van der Waals surface area contributed by atoms with Crippen LogP contribution in [0.3, 0.4) is 0 Å². The lowest BCUT2D eigenvalue weighted by Crippen LogP contribution is -2.50. The molecule has 2 atom stereocenters. The van der Waals surface area contributed by atoms with E-state index in [0.717, 1.165) is 31.4 Å². The molecule has 0 amide bonds. The number of nitrogens with zero attached hydrogens (tertiary/aromatic N) is 2. The first-order valence-electron chi connectivity index (χ1n) is 12.3. The minimum Gasteiger partial charge on any atom is -0.381 e. The van der Waals surface area contributed by atoms with E-state index in [2.05, 4.69) is 4.90 Å². The Hall–Kier alpha value is -1.80. The number of benzene rings is 1. The molecule has 0 saturated carbocycles. The molecule has 1 aromatic rings. The highest BCUT2D eigenvalue weighted by molar-refractivity contribution is 7.89. The molecule has 7 heteroatoms. The molecule has 1 aromatic carbocycles. The molecule has 2 aliphatic heterocycles. The lowest BCUT2D eigenvalue weighted by Gasteiger charge is -2.40. The van der Waals surface area contributed by atoms with Gasteiger partial charge >= 0.3 is 0 Å². The van der Waals surface area contributed by atoms with Crippen LogP contribution in [0.2, 0.25) is 0 Å². The number of likely N-dealkylation sites (N-methyl/N-ethyl adjacent to an activating group) is 1. The number of rotatable bonds is 6. The van der Waals surface area contributed by atoms with Gasteiger partial charge in [0, 0.05) is 49.2 Å². The van der Waals surface area contributed by atoms with Crippen molar-refractivity contribution in [3.63, 3.8) is 0 Å². The molecule has 1 aliphatic carbocycles. The van der Waals surface area contributed by atoms with E-state index in [1.165, 1.54) is 4.31 Å². The van der Waals surface area contributed by atoms with Crippen molar-refractivity contribution in [2.75, 3.05) is 33.9 Å². The zero-order valence-electron chi connectivity index (χ0n) is 20.5. The first-order chi connectivity index (χ1) is 16.2. The number of hydrogen-bond acceptors (Lipinski definition) is 4. The van der Waals surface area contributed by atoms with Crippen LogP contribution in [0.4, 0.5) is 4.39 Å². The SMILES string of the molecule is C[C@H]1CC[C@H](C2C=CC=CC=C2)S(=O)(=O)N1Cc1ccc(C2(CN(C)C)CCOCC2)cc1F. The van der Waals surface area contributed by atoms with Gasteiger partial charge in [-0.2, -0.15) is 4.31 Å². The van der Waals surface area contributed by atoms with E-state index < -0.39 is 15.3 Å². The Bertz CT molecular complexity index is 1040. The molecule has 0 N–H and O–H groups in total. The third-order valence-electron chi connectivity index (χ3n) is 7.56. The van der Waals surface area contributed by atoms with Gasteiger partial charge in [-0.15, -0.1) is 0 Å². The molecule has 4 rings (SSSR count). The van der Waals surface area contributed by atoms with Crippen molar-refractivity contribution in [1.82, 2.24) is 9.21 Å². The molecule has 0 spiro atoms. The van der Waals surface area contributed by atoms with Gasteiger partial charge in [-0.1, -0.05) is 48.6 Å². The molecule has 34 heavy (non-hydrogen) atoms. The fraction of sp³-hybridized carbons (Fsp3) is 0.556. The lowest BCUT2D eigenvalue weighted by molar-refractivity contribution is 0.0400. The summed E-state index contributed by atoms with van der Waals surface area (Å²) in [5.74, 6) is -0.508. The van der Waals surface area contributed by atoms with Crippen LogP contribution in [-0.2, 0) is 26.7 Å². The van der Waals surface area contributed by atoms with Crippen molar-refractivity contribution in [3.8, 4) is 0 Å². The molecule has 2 saturated heterocycles. The highest BCUT2D eigenvalue weighted by Gasteiger charge is 2.43. The van der Waals surface area contributed by atoms with Crippen molar-refractivity contribution < 1.29 is 17.5 Å². The van der Waals surface area contributed by atoms with Crippen LogP contribution in [0.5, 0.6) is 0 Å². The van der Waals surface area contributed by atoms with Crippen LogP contribution in [0, 0.1) is 11.7 Å². The van der Waals surface area contributed by atoms with Crippen molar-refractivity contribution in [2.45, 2.75) is 55.9 Å². The Labute approximate surface area is 204 Å². The van der Waals surface area contributed by atoms with Gasteiger partial charge < -0.3 is 9.64 Å². The van der Waals surface area contributed by atoms with E-state index in [0.29, 0.717) is 25.2 Å². The molecular formula is C27H37FN2O3S. The van der Waals surface area contributed by atoms with Gasteiger partial charge in [-0.05, 0) is 58.3 Å². The molecule has 0 bridgehead atoms. The normalized spacial score (nSPS) is 27.2. The summed E-state index contributed by atoms with van der Waals surface area (Å²) < 4.78 is 49.8. The summed E-state index contributed by atoms with van der Waals surface area (Å²) in [6.07, 6.45) is 14.6. The van der Waals surface area contributed by atoms with Gasteiger partial charge in [-0.25, -0.2) is 12.8 Å². The predicted octanol–water partition coefficient (Wildman–Crippen LogP) is 4.42. The Morgan fingerprint density at radius 1 is 1.09 bits per heavy atom. The van der Waals surface area contributed by atoms with E-state index in [1.807, 2.05) is 63.5 Å². The fourth-order valence-electron chi connectivity index (χ4n) is 5.66. The molecule has 186 valence electrons. The number of sulfonamides is 1. The third-order valence-corrected chi connectivity index (χ3v) is 10.0. The van der Waals surface area contributed by atoms with E-state index in [-0.39, 0.29) is 29.7 Å². The van der Waals surface area contributed by atoms with E-state index >= 15 is 4.39 Å². The maximum atomic E-state index is 15.5. The fourth-order valence-corrected chi connectivity index (χ4v) is 7.95. The van der Waals surface area contributed by atoms with Crippen LogP contribution in [-0.4, -0.2) is 62.8 Å². The zero-order valence-corrected chi connectivity index (χ0v) is 21.3. The van der Waals surface area contributed by atoms with Crippen LogP contribution in [0.25, 0.3) is 0 Å². The van der Waals surface area contributed by atoms with E-state index in [4.69, 9.17) is 4.74 Å². The number of allylic oxidation sites excluding steroid dienone is 6. The standard InChI is InChI=1S/C27H37FN2O3S/c1-21-10-13-26(22-8-6-4-5-7-9-22)34(31,32)30(21)19-23-11-12-24(18-25(23)28)27(20-29(2)3)14-16-33-17-15-27/h4-9,11-12,18,21-22,26H,10,13-17,19-20H2,1-3H3/t21-,26+/m0/s1. The summed E-state index contributed by atoms with van der Waals surface area (Å²) >= 11 is 0. The van der Waals surface area contributed by atoms with Gasteiger partial charge in [0.25, 0.3) is 0 Å². The summed E-state index contributed by atoms with van der Waals surface area (Å²) in [5, 5.41) is -0.524. The second kappa shape index (κ2) is 10.4. The van der Waals surface area contributed by atoms with Crippen molar-refractivity contribution in [1.29, 1.82) is 0 Å². The van der Waals surface area contributed by atoms with Crippen molar-refractivity contribution in [2.24, 2.45) is 5.92 Å². The molecule has 2 fully saturated rings. The Kier molecular flexibility index (Phi) is 7.77. The van der Waals surface area contributed by atoms with Crippen LogP contribution in [0.15, 0.2) is 54.7 Å². The summed E-state index contributed by atoms with van der Waals surface area (Å²) in [7, 11) is 0.485. The van der Waals surface area contributed by atoms with Gasteiger partial charge in [0.15, 0.2) is 0 Å². The van der Waals surface area contributed by atoms with E-state index in [1.54, 1.807) is 12.1 Å². The minimum atomic E-state index is -3.59. The first-order valence-corrected chi connectivity index (χ1v) is 13.8. The Balaban J connectivity index is 1.59. The molecule has 2 heterocycles. The lowest BCUT2D eigenvalue weighted by atomic mass is 9.73. The molecule has 3 aliphatic rings. The molecule has 0 unspecified atom stereocenters. The highest BCUT2D eigenvalue weighted by Crippen LogP contribution is 2.38. The topological polar surface area (TPSA) is 49.9 Å². The quantitative estimate of drug-likeness (QED) is 0.595. The highest BCUT2D eigenvalue weighted by atomic mass is 32.2. The molecule has 0 aromatic heterocycles. The monoisotopic (exact) mass is 488 g/mol. The minimum absolute atomic E-state index is 0.0638. The smallest absolute Gasteiger partial charge is 0.218 e. The Morgan fingerprint density at radius 2 is 1.76 bits per heavy atom. The molecule has 5 nitrogen and oxygen atoms in total. The van der Waals surface area contributed by atoms with E-state index in [9.17, 15) is 8.42 Å². The second-order valence-electron chi connectivity index (χ2n) is 10.2. The largest absolute Gasteiger partial charge is 0.381 e. The van der Waals surface area contributed by atoms with Crippen molar-refractivity contribution in [3.05, 3.63) is 71.6 Å². The Morgan fingerprint density at radius 3 is 2.38 bits per heavy atom. The first kappa shape index (κ1) is 25.3. The molecular weight excluding hydrogens is 451 g/mol. The second-order valence-corrected chi connectivity index (χ2v) is 12.3. The summed E-state index contributed by atoms with van der Waals surface area (Å²) in [4.78, 5) is 2.14. The number of halogens is 1. The maximum Gasteiger partial charge on any atom is 0.218 e. The molecule has 0 radical (unpaired) electrons. The zero-order chi connectivity index (χ0) is 24.3. The summed E-state index contributed by atoms with van der Waals surface area (Å²) in [6, 6.07) is 5.26. The summed E-state index contributed by atoms with van der Waals surface area (Å²) in [5.41, 5.74) is 1.25. The van der Waals surface area contributed by atoms with Crippen LogP contribution < -0.4 is 0 Å². The van der Waals surface area contributed by atoms with Crippen LogP contribution in [0.1, 0.15) is 43.7 Å². The van der Waals surface area contributed by atoms with Gasteiger partial charge in [-0.3, -0.25) is 0 Å². The number of ether oxygens (including phenoxy) is 1. The average Bonchev–Trinajstić information content (AvgIpc) is 3.07. The van der Waals surface area contributed by atoms with Crippen molar-refractivity contribution >= 4 is 10.0 Å². The van der Waals surface area contributed by atoms with Gasteiger partial charge in [0.05, 0.1) is 5.25 Å². The van der Waals surface area contributed by atoms with Gasteiger partial charge in [0.1, 0.15) is 5.82 Å². The van der Waals surface area contributed by atoms with Gasteiger partial charge in [0.2, 0.25) is 10.0 Å². The average molecular weight is 489 g/mol. The number of hydrogen-bond donors (Lipinski definition) is 0. The maximum absolute atomic E-state index is 15.5. The third kappa shape index (κ3) is 5.23. The summed E-state index contributed by atoms with van der Waals surface area (Å²) in [6.45, 7) is 4.15.